The van der Waals surface area contributed by atoms with Crippen molar-refractivity contribution >= 4 is 63.7 Å². The summed E-state index contributed by atoms with van der Waals surface area (Å²) in [6, 6.07) is 6.14. The van der Waals surface area contributed by atoms with Gasteiger partial charge in [0.1, 0.15) is 15.4 Å². The highest BCUT2D eigenvalue weighted by Crippen LogP contribution is 2.45. The molecule has 2 unspecified atom stereocenters. The molecule has 2 N–H and O–H groups in total. The zero-order chi connectivity index (χ0) is 14.4. The molecule has 0 saturated carbocycles. The summed E-state index contributed by atoms with van der Waals surface area (Å²) in [5.41, 5.74) is 6.39. The Morgan fingerprint density at radius 3 is 2.11 bits per heavy atom. The number of nitrogens with two attached hydrogens (primary N) is 1. The minimum Gasteiger partial charge on any atom is -0.399 e. The molecule has 1 aromatic rings. The molecule has 2 atom stereocenters. The van der Waals surface area contributed by atoms with E-state index in [4.69, 9.17) is 52.1 Å². The maximum absolute atomic E-state index is 12.2. The molecule has 1 aliphatic rings. The highest BCUT2D eigenvalue weighted by molar-refractivity contribution is 6.64. The maximum Gasteiger partial charge on any atom is 0.203 e. The van der Waals surface area contributed by atoms with Crippen molar-refractivity contribution in [2.24, 2.45) is 0 Å². The van der Waals surface area contributed by atoms with Crippen LogP contribution >= 0.6 is 46.4 Å². The zero-order valence-corrected chi connectivity index (χ0v) is 12.3. The van der Waals surface area contributed by atoms with Gasteiger partial charge in [-0.05, 0) is 17.7 Å². The lowest BCUT2D eigenvalue weighted by atomic mass is 9.84. The summed E-state index contributed by atoms with van der Waals surface area (Å²) in [5, 5.41) is -2.13. The Morgan fingerprint density at radius 2 is 1.58 bits per heavy atom. The fraction of sp³-hybridized carbons (Fsp3) is 0.167. The Bertz CT molecular complexity index is 596. The number of Topliss-reactive ketones (excluding diaryl/α,β-unsaturated/α-hetero) is 2. The fourth-order valence-electron chi connectivity index (χ4n) is 1.78. The number of carbonyl (C=O) groups excluding carboxylic acids is 2. The van der Waals surface area contributed by atoms with Crippen LogP contribution in [0.5, 0.6) is 0 Å². The van der Waals surface area contributed by atoms with Gasteiger partial charge in [0.05, 0.1) is 0 Å². The van der Waals surface area contributed by atoms with Gasteiger partial charge in [-0.25, -0.2) is 0 Å². The monoisotopic (exact) mass is 337 g/mol. The first kappa shape index (κ1) is 14.7. The van der Waals surface area contributed by atoms with E-state index in [2.05, 4.69) is 0 Å². The first-order valence-corrected chi connectivity index (χ1v) is 6.70. The number of halogens is 4. The van der Waals surface area contributed by atoms with Crippen LogP contribution in [-0.2, 0) is 14.5 Å². The van der Waals surface area contributed by atoms with Gasteiger partial charge in [0.2, 0.25) is 5.78 Å². The average molecular weight is 339 g/mol. The van der Waals surface area contributed by atoms with Crippen molar-refractivity contribution in [1.82, 2.24) is 0 Å². The molecule has 0 heterocycles. The Morgan fingerprint density at radius 1 is 1.05 bits per heavy atom. The van der Waals surface area contributed by atoms with E-state index in [0.29, 0.717) is 11.3 Å². The van der Waals surface area contributed by atoms with Crippen LogP contribution in [0.4, 0.5) is 5.69 Å². The minimum atomic E-state index is -1.78. The van der Waals surface area contributed by atoms with Crippen LogP contribution in [0.25, 0.3) is 0 Å². The van der Waals surface area contributed by atoms with Crippen LogP contribution in [-0.4, -0.2) is 16.9 Å². The number of benzene rings is 1. The van der Waals surface area contributed by atoms with Crippen molar-refractivity contribution in [1.29, 1.82) is 0 Å². The summed E-state index contributed by atoms with van der Waals surface area (Å²) in [4.78, 5) is 22.3. The molecule has 0 aromatic heterocycles. The van der Waals surface area contributed by atoms with Crippen LogP contribution < -0.4 is 5.73 Å². The van der Waals surface area contributed by atoms with Gasteiger partial charge in [0.15, 0.2) is 10.7 Å². The van der Waals surface area contributed by atoms with E-state index >= 15 is 0 Å². The standard InChI is InChI=1S/C12H7Cl4NO2/c13-7-8(14)11(19)12(16,10(15)9(7)18)5-1-3-6(17)4-2-5/h1-4,10H,17H2. The van der Waals surface area contributed by atoms with Gasteiger partial charge in [0.25, 0.3) is 0 Å². The third kappa shape index (κ3) is 2.15. The van der Waals surface area contributed by atoms with E-state index in [-0.39, 0.29) is 0 Å². The minimum absolute atomic E-state index is 0.337. The number of nitrogen functional groups attached to an aromatic ring is 1. The highest BCUT2D eigenvalue weighted by Gasteiger charge is 2.54. The van der Waals surface area contributed by atoms with Gasteiger partial charge in [-0.1, -0.05) is 35.3 Å². The van der Waals surface area contributed by atoms with Crippen LogP contribution in [0.3, 0.4) is 0 Å². The van der Waals surface area contributed by atoms with Crippen molar-refractivity contribution in [2.75, 3.05) is 5.73 Å². The highest BCUT2D eigenvalue weighted by atomic mass is 35.5. The molecule has 2 rings (SSSR count). The number of hydrogen-bond donors (Lipinski definition) is 1. The van der Waals surface area contributed by atoms with Gasteiger partial charge in [-0.2, -0.15) is 0 Å². The Kier molecular flexibility index (Phi) is 3.85. The third-order valence-corrected chi connectivity index (χ3v) is 4.93. The van der Waals surface area contributed by atoms with Gasteiger partial charge in [-0.15, -0.1) is 23.2 Å². The molecule has 0 radical (unpaired) electrons. The molecular weight excluding hydrogens is 332 g/mol. The molecular formula is C12H7Cl4NO2. The zero-order valence-electron chi connectivity index (χ0n) is 9.29. The summed E-state index contributed by atoms with van der Waals surface area (Å²) < 4.78 is 0. The number of carbonyl (C=O) groups is 2. The van der Waals surface area contributed by atoms with E-state index in [1.807, 2.05) is 0 Å². The number of allylic oxidation sites excluding steroid dienone is 2. The Balaban J connectivity index is 2.63. The molecule has 7 heteroatoms. The summed E-state index contributed by atoms with van der Waals surface area (Å²) in [6.07, 6.45) is 0. The number of anilines is 1. The summed E-state index contributed by atoms with van der Waals surface area (Å²) in [6.45, 7) is 0. The first-order chi connectivity index (χ1) is 8.80. The molecule has 0 aliphatic heterocycles. The topological polar surface area (TPSA) is 60.2 Å². The lowest BCUT2D eigenvalue weighted by Crippen LogP contribution is -2.47. The molecule has 0 fully saturated rings. The molecule has 1 aromatic carbocycles. The molecule has 0 amide bonds. The lowest BCUT2D eigenvalue weighted by molar-refractivity contribution is -0.123. The quantitative estimate of drug-likeness (QED) is 0.632. The summed E-state index contributed by atoms with van der Waals surface area (Å²) in [7, 11) is 0. The molecule has 1 aliphatic carbocycles. The molecule has 19 heavy (non-hydrogen) atoms. The lowest BCUT2D eigenvalue weighted by Gasteiger charge is -2.33. The van der Waals surface area contributed by atoms with Crippen LogP contribution in [0.1, 0.15) is 5.56 Å². The third-order valence-electron chi connectivity index (χ3n) is 2.85. The van der Waals surface area contributed by atoms with Crippen LogP contribution in [0, 0.1) is 0 Å². The van der Waals surface area contributed by atoms with Crippen LogP contribution in [0.15, 0.2) is 34.3 Å². The second-order valence-electron chi connectivity index (χ2n) is 4.02. The molecule has 3 nitrogen and oxygen atoms in total. The Hall–Kier alpha value is -0.740. The average Bonchev–Trinajstić information content (AvgIpc) is 2.41. The molecule has 0 bridgehead atoms. The van der Waals surface area contributed by atoms with Gasteiger partial charge >= 0.3 is 0 Å². The smallest absolute Gasteiger partial charge is 0.203 e. The number of hydrogen-bond acceptors (Lipinski definition) is 3. The largest absolute Gasteiger partial charge is 0.399 e. The van der Waals surface area contributed by atoms with Gasteiger partial charge in [-0.3, -0.25) is 9.59 Å². The number of alkyl halides is 2. The number of rotatable bonds is 1. The van der Waals surface area contributed by atoms with Gasteiger partial charge in [0, 0.05) is 5.69 Å². The van der Waals surface area contributed by atoms with Crippen molar-refractivity contribution in [3.8, 4) is 0 Å². The maximum atomic E-state index is 12.2. The van der Waals surface area contributed by atoms with Crippen molar-refractivity contribution in [3.05, 3.63) is 39.9 Å². The molecule has 100 valence electrons. The van der Waals surface area contributed by atoms with Crippen LogP contribution in [0.2, 0.25) is 0 Å². The second kappa shape index (κ2) is 4.98. The normalized spacial score (nSPS) is 27.9. The van der Waals surface area contributed by atoms with Crippen molar-refractivity contribution in [3.63, 3.8) is 0 Å². The summed E-state index contributed by atoms with van der Waals surface area (Å²) >= 11 is 23.7. The van der Waals surface area contributed by atoms with E-state index in [0.717, 1.165) is 0 Å². The Labute approximate surface area is 129 Å². The molecule has 0 saturated heterocycles. The SMILES string of the molecule is Nc1ccc(C2(Cl)C(=O)C(Cl)=C(Cl)C(=O)C2Cl)cc1. The second-order valence-corrected chi connectivity index (χ2v) is 5.81. The molecule has 0 spiro atoms. The van der Waals surface area contributed by atoms with E-state index < -0.39 is 31.9 Å². The van der Waals surface area contributed by atoms with Crippen molar-refractivity contribution < 1.29 is 9.59 Å². The predicted molar refractivity (Wildman–Crippen MR) is 76.8 cm³/mol. The van der Waals surface area contributed by atoms with Crippen molar-refractivity contribution in [2.45, 2.75) is 10.3 Å². The summed E-state index contributed by atoms with van der Waals surface area (Å²) in [5.74, 6) is -1.38. The first-order valence-electron chi connectivity index (χ1n) is 5.13. The van der Waals surface area contributed by atoms with E-state index in [1.165, 1.54) is 12.1 Å². The predicted octanol–water partition coefficient (Wildman–Crippen LogP) is 3.15. The van der Waals surface area contributed by atoms with E-state index in [9.17, 15) is 9.59 Å². The van der Waals surface area contributed by atoms with E-state index in [1.54, 1.807) is 12.1 Å². The van der Waals surface area contributed by atoms with Gasteiger partial charge < -0.3 is 5.73 Å². The number of ketones is 2. The fourth-order valence-corrected chi connectivity index (χ4v) is 2.97.